The number of nitrogens with two attached hydrogens (primary N) is 1. The SMILES string of the molecule is NC1(c2nc3c(s2)CCC3)CCN2CCC1C2. The molecule has 2 saturated heterocycles. The van der Waals surface area contributed by atoms with Gasteiger partial charge in [-0.05, 0) is 44.6 Å². The highest BCUT2D eigenvalue weighted by atomic mass is 32.1. The van der Waals surface area contributed by atoms with Crippen molar-refractivity contribution >= 4 is 11.3 Å². The molecule has 1 aromatic heterocycles. The van der Waals surface area contributed by atoms with E-state index in [2.05, 4.69) is 4.90 Å². The van der Waals surface area contributed by atoms with Gasteiger partial charge in [0.05, 0.1) is 11.2 Å². The third kappa shape index (κ3) is 1.44. The summed E-state index contributed by atoms with van der Waals surface area (Å²) in [6.07, 6.45) is 6.08. The topological polar surface area (TPSA) is 42.1 Å². The fourth-order valence-corrected chi connectivity index (χ4v) is 5.03. The third-order valence-electron chi connectivity index (χ3n) is 4.84. The van der Waals surface area contributed by atoms with Crippen molar-refractivity contribution in [3.8, 4) is 0 Å². The average molecular weight is 249 g/mol. The summed E-state index contributed by atoms with van der Waals surface area (Å²) in [6, 6.07) is 0. The van der Waals surface area contributed by atoms with Gasteiger partial charge in [0.1, 0.15) is 5.01 Å². The largest absolute Gasteiger partial charge is 0.319 e. The van der Waals surface area contributed by atoms with E-state index in [1.165, 1.54) is 54.4 Å². The van der Waals surface area contributed by atoms with E-state index >= 15 is 0 Å². The van der Waals surface area contributed by atoms with Crippen molar-refractivity contribution in [2.45, 2.75) is 37.6 Å². The van der Waals surface area contributed by atoms with Gasteiger partial charge in [-0.15, -0.1) is 11.3 Å². The fourth-order valence-electron chi connectivity index (χ4n) is 3.67. The maximum absolute atomic E-state index is 6.74. The molecule has 2 fully saturated rings. The second kappa shape index (κ2) is 3.53. The molecule has 4 heteroatoms. The molecule has 0 saturated carbocycles. The van der Waals surface area contributed by atoms with Gasteiger partial charge in [0.15, 0.2) is 0 Å². The molecule has 1 aliphatic carbocycles. The zero-order chi connectivity index (χ0) is 11.5. The highest BCUT2D eigenvalue weighted by molar-refractivity contribution is 7.12. The molecule has 0 radical (unpaired) electrons. The number of hydrogen-bond acceptors (Lipinski definition) is 4. The van der Waals surface area contributed by atoms with Gasteiger partial charge >= 0.3 is 0 Å². The minimum absolute atomic E-state index is 0.109. The predicted molar refractivity (Wildman–Crippen MR) is 69.2 cm³/mol. The van der Waals surface area contributed by atoms with Gasteiger partial charge in [-0.3, -0.25) is 0 Å². The number of thiazole rings is 1. The standard InChI is InChI=1S/C13H19N3S/c14-13(5-7-16-6-4-9(13)8-16)12-15-10-2-1-3-11(10)17-12/h9H,1-8,14H2. The number of rotatable bonds is 1. The lowest BCUT2D eigenvalue weighted by Crippen LogP contribution is -2.50. The quantitative estimate of drug-likeness (QED) is 0.820. The van der Waals surface area contributed by atoms with Crippen molar-refractivity contribution in [3.63, 3.8) is 0 Å². The fraction of sp³-hybridized carbons (Fsp3) is 0.769. The molecule has 2 N–H and O–H groups in total. The van der Waals surface area contributed by atoms with Gasteiger partial charge in [0, 0.05) is 18.0 Å². The van der Waals surface area contributed by atoms with Gasteiger partial charge in [0.2, 0.25) is 0 Å². The van der Waals surface area contributed by atoms with Crippen LogP contribution in [0.15, 0.2) is 0 Å². The number of nitrogens with zero attached hydrogens (tertiary/aromatic N) is 2. The van der Waals surface area contributed by atoms with Crippen LogP contribution in [0.5, 0.6) is 0 Å². The molecule has 3 unspecified atom stereocenters. The predicted octanol–water partition coefficient (Wildman–Crippen LogP) is 1.51. The summed E-state index contributed by atoms with van der Waals surface area (Å²) in [5, 5.41) is 1.24. The Hall–Kier alpha value is -0.450. The highest BCUT2D eigenvalue weighted by Gasteiger charge is 2.46. The smallest absolute Gasteiger partial charge is 0.113 e. The Morgan fingerprint density at radius 1 is 1.35 bits per heavy atom. The van der Waals surface area contributed by atoms with Crippen molar-refractivity contribution in [1.82, 2.24) is 9.88 Å². The molecule has 3 atom stereocenters. The minimum atomic E-state index is -0.109. The van der Waals surface area contributed by atoms with Crippen molar-refractivity contribution in [2.75, 3.05) is 19.6 Å². The lowest BCUT2D eigenvalue weighted by atomic mass is 9.80. The molecule has 3 nitrogen and oxygen atoms in total. The van der Waals surface area contributed by atoms with E-state index in [9.17, 15) is 0 Å². The van der Waals surface area contributed by atoms with E-state index in [4.69, 9.17) is 10.7 Å². The van der Waals surface area contributed by atoms with Crippen molar-refractivity contribution in [2.24, 2.45) is 11.7 Å². The van der Waals surface area contributed by atoms with Gasteiger partial charge in [-0.25, -0.2) is 4.98 Å². The third-order valence-corrected chi connectivity index (χ3v) is 6.19. The van der Waals surface area contributed by atoms with Crippen LogP contribution in [0.2, 0.25) is 0 Å². The molecule has 4 rings (SSSR count). The van der Waals surface area contributed by atoms with Crippen LogP contribution in [0.3, 0.4) is 0 Å². The van der Waals surface area contributed by atoms with Gasteiger partial charge in [-0.1, -0.05) is 0 Å². The van der Waals surface area contributed by atoms with Crippen molar-refractivity contribution in [3.05, 3.63) is 15.6 Å². The Bertz CT molecular complexity index is 434. The minimum Gasteiger partial charge on any atom is -0.319 e. The average Bonchev–Trinajstić information content (AvgIpc) is 2.99. The lowest BCUT2D eigenvalue weighted by Gasteiger charge is -2.38. The van der Waals surface area contributed by atoms with Gasteiger partial charge in [0.25, 0.3) is 0 Å². The second-order valence-electron chi connectivity index (χ2n) is 5.82. The summed E-state index contributed by atoms with van der Waals surface area (Å²) >= 11 is 1.91. The Labute approximate surface area is 106 Å². The molecule has 2 bridgehead atoms. The second-order valence-corrected chi connectivity index (χ2v) is 6.90. The molecule has 3 heterocycles. The van der Waals surface area contributed by atoms with E-state index in [-0.39, 0.29) is 5.54 Å². The van der Waals surface area contributed by atoms with Crippen molar-refractivity contribution < 1.29 is 0 Å². The summed E-state index contributed by atoms with van der Waals surface area (Å²) in [5.41, 5.74) is 7.99. The number of piperidine rings is 1. The number of aryl methyl sites for hydroxylation is 2. The summed E-state index contributed by atoms with van der Waals surface area (Å²) in [4.78, 5) is 8.95. The van der Waals surface area contributed by atoms with E-state index in [0.29, 0.717) is 5.92 Å². The zero-order valence-electron chi connectivity index (χ0n) is 10.1. The van der Waals surface area contributed by atoms with Crippen LogP contribution in [0.4, 0.5) is 0 Å². The van der Waals surface area contributed by atoms with Crippen LogP contribution in [-0.2, 0) is 18.4 Å². The first-order valence-electron chi connectivity index (χ1n) is 6.76. The molecule has 0 spiro atoms. The molecule has 1 aromatic rings. The lowest BCUT2D eigenvalue weighted by molar-refractivity contribution is 0.168. The number of aromatic nitrogens is 1. The van der Waals surface area contributed by atoms with Crippen LogP contribution >= 0.6 is 11.3 Å². The highest BCUT2D eigenvalue weighted by Crippen LogP contribution is 2.43. The molecule has 2 aliphatic heterocycles. The van der Waals surface area contributed by atoms with Crippen molar-refractivity contribution in [1.29, 1.82) is 0 Å². The molecular formula is C13H19N3S. The molecular weight excluding hydrogens is 230 g/mol. The van der Waals surface area contributed by atoms with E-state index in [1.807, 2.05) is 11.3 Å². The first-order valence-corrected chi connectivity index (χ1v) is 7.58. The summed E-state index contributed by atoms with van der Waals surface area (Å²) in [5.74, 6) is 0.641. The maximum Gasteiger partial charge on any atom is 0.113 e. The zero-order valence-corrected chi connectivity index (χ0v) is 10.9. The Morgan fingerprint density at radius 3 is 3.18 bits per heavy atom. The Balaban J connectivity index is 1.72. The van der Waals surface area contributed by atoms with Crippen LogP contribution in [0.25, 0.3) is 0 Å². The van der Waals surface area contributed by atoms with Gasteiger partial charge < -0.3 is 10.6 Å². The van der Waals surface area contributed by atoms with Crippen LogP contribution in [0, 0.1) is 5.92 Å². The Morgan fingerprint density at radius 2 is 2.29 bits per heavy atom. The molecule has 3 aliphatic rings. The van der Waals surface area contributed by atoms with Gasteiger partial charge in [-0.2, -0.15) is 0 Å². The maximum atomic E-state index is 6.74. The first kappa shape index (κ1) is 10.5. The molecule has 0 aromatic carbocycles. The summed E-state index contributed by atoms with van der Waals surface area (Å²) in [7, 11) is 0. The molecule has 0 amide bonds. The monoisotopic (exact) mass is 249 g/mol. The van der Waals surface area contributed by atoms with E-state index in [1.54, 1.807) is 0 Å². The van der Waals surface area contributed by atoms with Crippen LogP contribution in [-0.4, -0.2) is 29.5 Å². The number of hydrogen-bond donors (Lipinski definition) is 1. The molecule has 92 valence electrons. The summed E-state index contributed by atoms with van der Waals surface area (Å²) in [6.45, 7) is 3.60. The Kier molecular flexibility index (Phi) is 2.17. The number of fused-ring (bicyclic) bond motifs is 3. The normalized spacial score (nSPS) is 39.6. The van der Waals surface area contributed by atoms with E-state index < -0.39 is 0 Å². The van der Waals surface area contributed by atoms with Crippen LogP contribution in [0.1, 0.15) is 34.8 Å². The van der Waals surface area contributed by atoms with Crippen LogP contribution < -0.4 is 5.73 Å². The summed E-state index contributed by atoms with van der Waals surface area (Å²) < 4.78 is 0. The van der Waals surface area contributed by atoms with E-state index in [0.717, 1.165) is 13.0 Å². The first-order chi connectivity index (χ1) is 8.25. The molecule has 17 heavy (non-hydrogen) atoms.